The van der Waals surface area contributed by atoms with Gasteiger partial charge in [0, 0.05) is 24.5 Å². The molecule has 0 fully saturated rings. The highest BCUT2D eigenvalue weighted by molar-refractivity contribution is 5.79. The third-order valence-electron chi connectivity index (χ3n) is 5.03. The van der Waals surface area contributed by atoms with Crippen LogP contribution in [-0.4, -0.2) is 40.5 Å². The number of nitrogens with zero attached hydrogens (tertiary/aromatic N) is 4. The van der Waals surface area contributed by atoms with Crippen molar-refractivity contribution in [3.05, 3.63) is 83.4 Å². The lowest BCUT2D eigenvalue weighted by molar-refractivity contribution is 0.411. The van der Waals surface area contributed by atoms with Gasteiger partial charge in [-0.05, 0) is 43.8 Å². The first-order chi connectivity index (χ1) is 13.6. The van der Waals surface area contributed by atoms with E-state index in [1.54, 1.807) is 0 Å². The van der Waals surface area contributed by atoms with E-state index in [-0.39, 0.29) is 6.04 Å². The second kappa shape index (κ2) is 7.98. The van der Waals surface area contributed by atoms with Crippen LogP contribution in [0.5, 0.6) is 0 Å². The molecule has 0 aliphatic rings. The molecule has 5 heteroatoms. The lowest BCUT2D eigenvalue weighted by Gasteiger charge is -2.15. The lowest BCUT2D eigenvalue weighted by Crippen LogP contribution is -2.15. The summed E-state index contributed by atoms with van der Waals surface area (Å²) in [7, 11) is 4.13. The van der Waals surface area contributed by atoms with Crippen molar-refractivity contribution >= 4 is 11.0 Å². The van der Waals surface area contributed by atoms with Crippen LogP contribution in [0.15, 0.2) is 65.2 Å². The summed E-state index contributed by atoms with van der Waals surface area (Å²) in [6.45, 7) is 3.10. The van der Waals surface area contributed by atoms with Crippen LogP contribution < -0.4 is 0 Å². The van der Waals surface area contributed by atoms with Gasteiger partial charge in [0.15, 0.2) is 0 Å². The van der Waals surface area contributed by atoms with Crippen LogP contribution in [0.4, 0.5) is 0 Å². The van der Waals surface area contributed by atoms with Crippen molar-refractivity contribution in [1.82, 2.24) is 19.9 Å². The van der Waals surface area contributed by atoms with Crippen molar-refractivity contribution in [2.45, 2.75) is 25.8 Å². The summed E-state index contributed by atoms with van der Waals surface area (Å²) in [5, 5.41) is 9.94. The van der Waals surface area contributed by atoms with Crippen molar-refractivity contribution in [2.75, 3.05) is 20.6 Å². The largest absolute Gasteiger partial charge is 0.458 e. The van der Waals surface area contributed by atoms with E-state index in [1.165, 1.54) is 5.56 Å². The summed E-state index contributed by atoms with van der Waals surface area (Å²) in [6.07, 6.45) is 3.90. The van der Waals surface area contributed by atoms with Gasteiger partial charge in [-0.1, -0.05) is 54.6 Å². The third kappa shape index (κ3) is 3.85. The minimum atomic E-state index is -0.140. The molecule has 0 saturated heterocycles. The summed E-state index contributed by atoms with van der Waals surface area (Å²) in [5.41, 5.74) is 4.31. The standard InChI is InChI=1S/C23H26N4O/c1-4-17-10-11-19-15-22(28-21(19)14-17)23(18-8-6-5-7-9-18)27-16-20(24-25-27)12-13-26(2)3/h5-11,14-16,23H,4,12-13H2,1-3H3. The number of rotatable bonds is 7. The molecule has 2 heterocycles. The average Bonchev–Trinajstić information content (AvgIpc) is 3.34. The smallest absolute Gasteiger partial charge is 0.136 e. The Hall–Kier alpha value is -2.92. The Kier molecular flexibility index (Phi) is 5.26. The van der Waals surface area contributed by atoms with Crippen molar-refractivity contribution in [1.29, 1.82) is 0 Å². The predicted octanol–water partition coefficient (Wildman–Crippen LogP) is 4.33. The van der Waals surface area contributed by atoms with Gasteiger partial charge in [-0.3, -0.25) is 0 Å². The van der Waals surface area contributed by atoms with E-state index < -0.39 is 0 Å². The van der Waals surface area contributed by atoms with E-state index in [4.69, 9.17) is 4.42 Å². The van der Waals surface area contributed by atoms with Gasteiger partial charge >= 0.3 is 0 Å². The molecule has 28 heavy (non-hydrogen) atoms. The summed E-state index contributed by atoms with van der Waals surface area (Å²) in [4.78, 5) is 2.15. The van der Waals surface area contributed by atoms with Crippen LogP contribution in [0.2, 0.25) is 0 Å². The minimum absolute atomic E-state index is 0.140. The molecule has 0 aliphatic carbocycles. The maximum Gasteiger partial charge on any atom is 0.136 e. The van der Waals surface area contributed by atoms with Crippen LogP contribution >= 0.6 is 0 Å². The summed E-state index contributed by atoms with van der Waals surface area (Å²) in [6, 6.07) is 18.7. The molecular formula is C23H26N4O. The van der Waals surface area contributed by atoms with Crippen LogP contribution in [0, 0.1) is 0 Å². The molecule has 1 unspecified atom stereocenters. The first kappa shape index (κ1) is 18.4. The number of fused-ring (bicyclic) bond motifs is 1. The zero-order chi connectivity index (χ0) is 19.5. The molecule has 4 aromatic rings. The van der Waals surface area contributed by atoms with Gasteiger partial charge in [-0.2, -0.15) is 0 Å². The number of likely N-dealkylation sites (N-methyl/N-ethyl adjacent to an activating group) is 1. The topological polar surface area (TPSA) is 47.1 Å². The molecule has 1 atom stereocenters. The first-order valence-corrected chi connectivity index (χ1v) is 9.77. The van der Waals surface area contributed by atoms with Crippen LogP contribution in [-0.2, 0) is 12.8 Å². The van der Waals surface area contributed by atoms with E-state index in [9.17, 15) is 0 Å². The molecule has 2 aromatic heterocycles. The van der Waals surface area contributed by atoms with Gasteiger partial charge in [0.2, 0.25) is 0 Å². The molecule has 5 nitrogen and oxygen atoms in total. The molecular weight excluding hydrogens is 348 g/mol. The Morgan fingerprint density at radius 1 is 1.07 bits per heavy atom. The fraction of sp³-hybridized carbons (Fsp3) is 0.304. The van der Waals surface area contributed by atoms with Crippen LogP contribution in [0.1, 0.15) is 35.5 Å². The highest BCUT2D eigenvalue weighted by Gasteiger charge is 2.22. The number of furan rings is 1. The van der Waals surface area contributed by atoms with Crippen molar-refractivity contribution < 1.29 is 4.42 Å². The fourth-order valence-corrected chi connectivity index (χ4v) is 3.43. The highest BCUT2D eigenvalue weighted by Crippen LogP contribution is 2.31. The Labute approximate surface area is 165 Å². The fourth-order valence-electron chi connectivity index (χ4n) is 3.43. The zero-order valence-corrected chi connectivity index (χ0v) is 16.7. The second-order valence-electron chi connectivity index (χ2n) is 7.43. The molecule has 0 amide bonds. The maximum absolute atomic E-state index is 6.29. The molecule has 0 spiro atoms. The summed E-state index contributed by atoms with van der Waals surface area (Å²) < 4.78 is 8.21. The summed E-state index contributed by atoms with van der Waals surface area (Å²) in [5.74, 6) is 0.874. The molecule has 0 aliphatic heterocycles. The predicted molar refractivity (Wildman–Crippen MR) is 112 cm³/mol. The van der Waals surface area contributed by atoms with Crippen molar-refractivity contribution in [2.24, 2.45) is 0 Å². The Bertz CT molecular complexity index is 1050. The number of hydrogen-bond acceptors (Lipinski definition) is 4. The summed E-state index contributed by atoms with van der Waals surface area (Å²) >= 11 is 0. The van der Waals surface area contributed by atoms with E-state index in [0.29, 0.717) is 0 Å². The van der Waals surface area contributed by atoms with Gasteiger partial charge < -0.3 is 9.32 Å². The number of aromatic nitrogens is 3. The maximum atomic E-state index is 6.29. The third-order valence-corrected chi connectivity index (χ3v) is 5.03. The Balaban J connectivity index is 1.74. The molecule has 4 rings (SSSR count). The quantitative estimate of drug-likeness (QED) is 0.483. The highest BCUT2D eigenvalue weighted by atomic mass is 16.3. The van der Waals surface area contributed by atoms with E-state index in [1.807, 2.05) is 29.1 Å². The zero-order valence-electron chi connectivity index (χ0n) is 16.7. The minimum Gasteiger partial charge on any atom is -0.458 e. The normalized spacial score (nSPS) is 12.7. The molecule has 0 radical (unpaired) electrons. The molecule has 0 bridgehead atoms. The first-order valence-electron chi connectivity index (χ1n) is 9.77. The molecule has 2 aromatic carbocycles. The Morgan fingerprint density at radius 3 is 2.64 bits per heavy atom. The number of hydrogen-bond donors (Lipinski definition) is 0. The molecule has 144 valence electrons. The van der Waals surface area contributed by atoms with E-state index >= 15 is 0 Å². The monoisotopic (exact) mass is 374 g/mol. The van der Waals surface area contributed by atoms with Crippen LogP contribution in [0.3, 0.4) is 0 Å². The molecule has 0 N–H and O–H groups in total. The van der Waals surface area contributed by atoms with Gasteiger partial charge in [-0.25, -0.2) is 4.68 Å². The van der Waals surface area contributed by atoms with Gasteiger partial charge in [0.25, 0.3) is 0 Å². The number of aryl methyl sites for hydroxylation is 1. The Morgan fingerprint density at radius 2 is 1.89 bits per heavy atom. The van der Waals surface area contributed by atoms with E-state index in [0.717, 1.165) is 47.4 Å². The van der Waals surface area contributed by atoms with E-state index in [2.05, 4.69) is 72.6 Å². The average molecular weight is 374 g/mol. The van der Waals surface area contributed by atoms with Gasteiger partial charge in [0.05, 0.1) is 5.69 Å². The molecule has 0 saturated carbocycles. The van der Waals surface area contributed by atoms with Crippen LogP contribution in [0.25, 0.3) is 11.0 Å². The second-order valence-corrected chi connectivity index (χ2v) is 7.43. The van der Waals surface area contributed by atoms with Gasteiger partial charge in [0.1, 0.15) is 17.4 Å². The number of benzene rings is 2. The van der Waals surface area contributed by atoms with Gasteiger partial charge in [-0.15, -0.1) is 5.10 Å². The SMILES string of the molecule is CCc1ccc2cc(C(c3ccccc3)n3cc(CCN(C)C)nn3)oc2c1. The lowest BCUT2D eigenvalue weighted by atomic mass is 10.0. The van der Waals surface area contributed by atoms with Crippen molar-refractivity contribution in [3.63, 3.8) is 0 Å². The van der Waals surface area contributed by atoms with Crippen molar-refractivity contribution in [3.8, 4) is 0 Å².